The smallest absolute Gasteiger partial charge is 0.161 e. The van der Waals surface area contributed by atoms with Crippen molar-refractivity contribution in [2.24, 2.45) is 0 Å². The quantitative estimate of drug-likeness (QED) is 0.656. The highest BCUT2D eigenvalue weighted by Gasteiger charge is 2.03. The lowest BCUT2D eigenvalue weighted by Crippen LogP contribution is -1.90. The predicted octanol–water partition coefficient (Wildman–Crippen LogP) is 5.10. The molecule has 0 saturated heterocycles. The summed E-state index contributed by atoms with van der Waals surface area (Å²) in [6, 6.07) is 11.6. The van der Waals surface area contributed by atoms with Crippen LogP contribution in [0.25, 0.3) is 12.2 Å². The fraction of sp³-hybridized carbons (Fsp3) is 0.200. The van der Waals surface area contributed by atoms with Crippen LogP contribution < -0.4 is 18.9 Å². The van der Waals surface area contributed by atoms with Crippen molar-refractivity contribution in [2.75, 3.05) is 28.4 Å². The van der Waals surface area contributed by atoms with E-state index >= 15 is 0 Å². The molecule has 2 aromatic carbocycles. The summed E-state index contributed by atoms with van der Waals surface area (Å²) in [7, 11) is 6.52. The highest BCUT2D eigenvalue weighted by atomic mass is 32.2. The lowest BCUT2D eigenvalue weighted by Gasteiger charge is -2.07. The van der Waals surface area contributed by atoms with Crippen molar-refractivity contribution in [3.05, 3.63) is 58.3 Å². The summed E-state index contributed by atoms with van der Waals surface area (Å²) in [6.45, 7) is 0. The first-order chi connectivity index (χ1) is 12.2. The van der Waals surface area contributed by atoms with E-state index in [9.17, 15) is 0 Å². The summed E-state index contributed by atoms with van der Waals surface area (Å²) in [6.07, 6.45) is 4.04. The highest BCUT2D eigenvalue weighted by molar-refractivity contribution is 8.05. The second-order valence-corrected chi connectivity index (χ2v) is 5.79. The standard InChI is InChI=1S/C20H22O4S/c1-21-17-7-5-15(13-19(17)23-3)9-11-25-12-10-16-6-8-18(22-2)20(14-16)24-4/h5-14H,1-4H3/b11-9+,12-10+. The summed E-state index contributed by atoms with van der Waals surface area (Å²) < 4.78 is 21.1. The fourth-order valence-electron chi connectivity index (χ4n) is 2.19. The second kappa shape index (κ2) is 9.69. The molecule has 0 aromatic heterocycles. The average Bonchev–Trinajstić information content (AvgIpc) is 2.67. The molecule has 0 amide bonds. The van der Waals surface area contributed by atoms with Crippen LogP contribution in [-0.2, 0) is 0 Å². The molecule has 5 heteroatoms. The largest absolute Gasteiger partial charge is 0.493 e. The monoisotopic (exact) mass is 358 g/mol. The molecule has 132 valence electrons. The molecule has 0 spiro atoms. The Hall–Kier alpha value is -2.53. The van der Waals surface area contributed by atoms with Crippen LogP contribution in [0, 0.1) is 0 Å². The molecule has 2 aromatic rings. The molecule has 0 radical (unpaired) electrons. The van der Waals surface area contributed by atoms with Crippen molar-refractivity contribution in [2.45, 2.75) is 0 Å². The predicted molar refractivity (Wildman–Crippen MR) is 105 cm³/mol. The van der Waals surface area contributed by atoms with Crippen LogP contribution in [-0.4, -0.2) is 28.4 Å². The molecule has 0 fully saturated rings. The molecule has 0 unspecified atom stereocenters. The summed E-state index contributed by atoms with van der Waals surface area (Å²) in [5.74, 6) is 2.88. The van der Waals surface area contributed by atoms with Gasteiger partial charge in [0.05, 0.1) is 28.4 Å². The van der Waals surface area contributed by atoms with Gasteiger partial charge in [-0.05, 0) is 58.4 Å². The van der Waals surface area contributed by atoms with Crippen LogP contribution in [0.3, 0.4) is 0 Å². The number of hydrogen-bond acceptors (Lipinski definition) is 5. The highest BCUT2D eigenvalue weighted by Crippen LogP contribution is 2.29. The second-order valence-electron chi connectivity index (χ2n) is 4.97. The van der Waals surface area contributed by atoms with E-state index in [0.717, 1.165) is 34.1 Å². The van der Waals surface area contributed by atoms with E-state index in [-0.39, 0.29) is 0 Å². The Morgan fingerprint density at radius 3 is 1.36 bits per heavy atom. The minimum Gasteiger partial charge on any atom is -0.493 e. The van der Waals surface area contributed by atoms with Crippen molar-refractivity contribution in [1.82, 2.24) is 0 Å². The van der Waals surface area contributed by atoms with Crippen molar-refractivity contribution < 1.29 is 18.9 Å². The van der Waals surface area contributed by atoms with Gasteiger partial charge in [-0.1, -0.05) is 12.1 Å². The third-order valence-corrected chi connectivity index (χ3v) is 4.08. The number of methoxy groups -OCH3 is 4. The lowest BCUT2D eigenvalue weighted by molar-refractivity contribution is 0.355. The zero-order valence-electron chi connectivity index (χ0n) is 14.8. The van der Waals surface area contributed by atoms with Gasteiger partial charge in [0, 0.05) is 0 Å². The van der Waals surface area contributed by atoms with Gasteiger partial charge in [0.15, 0.2) is 23.0 Å². The van der Waals surface area contributed by atoms with Crippen molar-refractivity contribution in [1.29, 1.82) is 0 Å². The molecule has 25 heavy (non-hydrogen) atoms. The number of benzene rings is 2. The molecular weight excluding hydrogens is 336 g/mol. The molecular formula is C20H22O4S. The first-order valence-corrected chi connectivity index (χ1v) is 8.58. The van der Waals surface area contributed by atoms with Crippen LogP contribution in [0.2, 0.25) is 0 Å². The van der Waals surface area contributed by atoms with Crippen molar-refractivity contribution >= 4 is 23.9 Å². The molecule has 2 rings (SSSR count). The van der Waals surface area contributed by atoms with E-state index < -0.39 is 0 Å². The Morgan fingerprint density at radius 1 is 0.600 bits per heavy atom. The zero-order chi connectivity index (χ0) is 18.1. The maximum absolute atomic E-state index is 5.30. The lowest BCUT2D eigenvalue weighted by atomic mass is 10.2. The van der Waals surface area contributed by atoms with Gasteiger partial charge < -0.3 is 18.9 Å². The summed E-state index contributed by atoms with van der Waals surface area (Å²) >= 11 is 1.58. The molecule has 0 atom stereocenters. The summed E-state index contributed by atoms with van der Waals surface area (Å²) in [5.41, 5.74) is 2.09. The Labute approximate surface area is 153 Å². The Morgan fingerprint density at radius 2 is 1.00 bits per heavy atom. The molecule has 0 heterocycles. The molecule has 0 saturated carbocycles. The summed E-state index contributed by atoms with van der Waals surface area (Å²) in [5, 5.41) is 4.02. The van der Waals surface area contributed by atoms with Gasteiger partial charge in [-0.25, -0.2) is 0 Å². The van der Waals surface area contributed by atoms with E-state index in [1.807, 2.05) is 59.4 Å². The molecule has 0 N–H and O–H groups in total. The number of rotatable bonds is 8. The molecule has 0 bridgehead atoms. The average molecular weight is 358 g/mol. The maximum Gasteiger partial charge on any atom is 0.161 e. The van der Waals surface area contributed by atoms with Crippen LogP contribution in [0.4, 0.5) is 0 Å². The van der Waals surface area contributed by atoms with E-state index in [0.29, 0.717) is 0 Å². The third kappa shape index (κ3) is 5.22. The molecule has 0 aliphatic carbocycles. The van der Waals surface area contributed by atoms with Crippen LogP contribution >= 0.6 is 11.8 Å². The van der Waals surface area contributed by atoms with Gasteiger partial charge in [-0.15, -0.1) is 11.8 Å². The van der Waals surface area contributed by atoms with Crippen LogP contribution in [0.15, 0.2) is 47.2 Å². The topological polar surface area (TPSA) is 36.9 Å². The van der Waals surface area contributed by atoms with Gasteiger partial charge >= 0.3 is 0 Å². The van der Waals surface area contributed by atoms with Crippen LogP contribution in [0.5, 0.6) is 23.0 Å². The molecule has 0 aliphatic heterocycles. The number of ether oxygens (including phenoxy) is 4. The van der Waals surface area contributed by atoms with Gasteiger partial charge in [-0.2, -0.15) is 0 Å². The molecule has 0 aliphatic rings. The van der Waals surface area contributed by atoms with E-state index in [1.54, 1.807) is 40.2 Å². The number of thioether (sulfide) groups is 1. The zero-order valence-corrected chi connectivity index (χ0v) is 15.6. The minimum absolute atomic E-state index is 0.718. The van der Waals surface area contributed by atoms with Gasteiger partial charge in [0.2, 0.25) is 0 Å². The maximum atomic E-state index is 5.30. The van der Waals surface area contributed by atoms with Gasteiger partial charge in [0.1, 0.15) is 0 Å². The first kappa shape index (κ1) is 18.8. The Bertz CT molecular complexity index is 690. The normalized spacial score (nSPS) is 11.0. The van der Waals surface area contributed by atoms with E-state index in [1.165, 1.54) is 0 Å². The van der Waals surface area contributed by atoms with Gasteiger partial charge in [0.25, 0.3) is 0 Å². The summed E-state index contributed by atoms with van der Waals surface area (Å²) in [4.78, 5) is 0. The number of hydrogen-bond donors (Lipinski definition) is 0. The van der Waals surface area contributed by atoms with Gasteiger partial charge in [-0.3, -0.25) is 0 Å². The van der Waals surface area contributed by atoms with Crippen molar-refractivity contribution in [3.8, 4) is 23.0 Å². The minimum atomic E-state index is 0.718. The van der Waals surface area contributed by atoms with Crippen LogP contribution in [0.1, 0.15) is 11.1 Å². The fourth-order valence-corrected chi connectivity index (χ4v) is 2.76. The van der Waals surface area contributed by atoms with Crippen molar-refractivity contribution in [3.63, 3.8) is 0 Å². The Kier molecular flexibility index (Phi) is 7.29. The van der Waals surface area contributed by atoms with E-state index in [4.69, 9.17) is 18.9 Å². The third-order valence-electron chi connectivity index (χ3n) is 3.49. The SMILES string of the molecule is COc1ccc(/C=C/S/C=C/c2ccc(OC)c(OC)c2)cc1OC. The van der Waals surface area contributed by atoms with E-state index in [2.05, 4.69) is 0 Å². The molecule has 4 nitrogen and oxygen atoms in total. The first-order valence-electron chi connectivity index (χ1n) is 7.64. The Balaban J connectivity index is 1.98.